The second-order valence-corrected chi connectivity index (χ2v) is 8.86. The van der Waals surface area contributed by atoms with Gasteiger partial charge in [0, 0.05) is 10.1 Å². The third kappa shape index (κ3) is 6.06. The Balaban J connectivity index is 0.00000176. The topological polar surface area (TPSA) is 29.1 Å². The van der Waals surface area contributed by atoms with Gasteiger partial charge in [0.15, 0.2) is 0 Å². The molecule has 3 aromatic carbocycles. The van der Waals surface area contributed by atoms with Crippen LogP contribution < -0.4 is 15.1 Å². The van der Waals surface area contributed by atoms with Gasteiger partial charge in [0.25, 0.3) is 5.91 Å². The smallest absolute Gasteiger partial charge is 0.345 e. The van der Waals surface area contributed by atoms with Gasteiger partial charge in [-0.15, -0.1) is 34.7 Å². The molecule has 0 aliphatic carbocycles. The van der Waals surface area contributed by atoms with Crippen LogP contribution in [0.25, 0.3) is 34.1 Å². The fourth-order valence-electron chi connectivity index (χ4n) is 3.93. The van der Waals surface area contributed by atoms with Crippen molar-refractivity contribution in [3.8, 4) is 11.1 Å². The predicted molar refractivity (Wildman–Crippen MR) is 152 cm³/mol. The van der Waals surface area contributed by atoms with Crippen LogP contribution in [0.3, 0.4) is 0 Å². The summed E-state index contributed by atoms with van der Waals surface area (Å²) in [6.45, 7) is 9.81. The number of carbonyl (C=O) groups excluding carboxylic acids is 1. The molecular formula is C28H24F3NOS3. The molecular weight excluding hydrogens is 520 g/mol. The van der Waals surface area contributed by atoms with Gasteiger partial charge in [-0.2, -0.15) is 13.2 Å². The lowest BCUT2D eigenvalue weighted by Crippen LogP contribution is -2.36. The highest BCUT2D eigenvalue weighted by atomic mass is 33.1. The van der Waals surface area contributed by atoms with Gasteiger partial charge in [0.05, 0.1) is 11.6 Å². The van der Waals surface area contributed by atoms with E-state index >= 15 is 0 Å². The molecule has 1 unspecified atom stereocenters. The Morgan fingerprint density at radius 2 is 1.75 bits per heavy atom. The van der Waals surface area contributed by atoms with E-state index in [1.54, 1.807) is 29.5 Å². The monoisotopic (exact) mass is 543 g/mol. The van der Waals surface area contributed by atoms with Crippen molar-refractivity contribution in [1.29, 1.82) is 0 Å². The van der Waals surface area contributed by atoms with Crippen LogP contribution in [0.2, 0.25) is 0 Å². The lowest BCUT2D eigenvalue weighted by atomic mass is 9.96. The van der Waals surface area contributed by atoms with Crippen molar-refractivity contribution in [2.75, 3.05) is 0 Å². The quantitative estimate of drug-likeness (QED) is 0.185. The molecule has 0 aliphatic rings. The van der Waals surface area contributed by atoms with Gasteiger partial charge < -0.3 is 5.32 Å². The molecule has 0 bridgehead atoms. The Labute approximate surface area is 222 Å². The molecule has 4 rings (SSSR count). The molecule has 1 heterocycles. The van der Waals surface area contributed by atoms with E-state index in [1.807, 2.05) is 42.6 Å². The number of halogens is 3. The van der Waals surface area contributed by atoms with Crippen LogP contribution in [-0.2, 0) is 6.18 Å². The zero-order chi connectivity index (χ0) is 26.5. The van der Waals surface area contributed by atoms with Crippen molar-refractivity contribution in [2.45, 2.75) is 19.1 Å². The highest BCUT2D eigenvalue weighted by molar-refractivity contribution is 8.59. The minimum absolute atomic E-state index is 0.226. The molecule has 0 saturated carbocycles. The Bertz CT molecular complexity index is 1490. The van der Waals surface area contributed by atoms with Gasteiger partial charge in [0.2, 0.25) is 0 Å². The molecule has 1 atom stereocenters. The SMILES string of the molecule is C=C/C(=c1/sccc1=C)C(C)NC(=O)c1ccc2c(-c3ccc(C(F)(F)F)cc3)cccc2c1.SS. The number of hydrogen-bond donors (Lipinski definition) is 3. The van der Waals surface area contributed by atoms with Gasteiger partial charge in [-0.3, -0.25) is 4.79 Å². The Morgan fingerprint density at radius 1 is 1.06 bits per heavy atom. The largest absolute Gasteiger partial charge is 0.416 e. The van der Waals surface area contributed by atoms with E-state index < -0.39 is 11.7 Å². The minimum atomic E-state index is -4.38. The number of hydrogen-bond acceptors (Lipinski definition) is 4. The highest BCUT2D eigenvalue weighted by Crippen LogP contribution is 2.33. The standard InChI is InChI=1S/C28H22F3NOS.H2S2/c1-4-23(26-17(2)14-15-34-26)18(3)32-27(33)21-10-13-25-20(16-21)6-5-7-24(25)19-8-11-22(12-9-19)28(29,30)31;1-2/h4-16,18H,1-2H2,3H3,(H,32,33);1-2H/b26-23-;. The van der Waals surface area contributed by atoms with Crippen LogP contribution >= 0.6 is 34.7 Å². The first kappa shape index (κ1) is 27.6. The summed E-state index contributed by atoms with van der Waals surface area (Å²) in [5.74, 6) is -0.226. The number of benzene rings is 3. The van der Waals surface area contributed by atoms with Crippen LogP contribution in [0.4, 0.5) is 13.2 Å². The fourth-order valence-corrected chi connectivity index (χ4v) is 4.91. The number of thiophene rings is 1. The number of thiol groups is 2. The second-order valence-electron chi connectivity index (χ2n) is 7.95. The van der Waals surface area contributed by atoms with Gasteiger partial charge in [-0.25, -0.2) is 0 Å². The van der Waals surface area contributed by atoms with E-state index in [0.29, 0.717) is 11.1 Å². The number of rotatable bonds is 5. The van der Waals surface area contributed by atoms with E-state index in [-0.39, 0.29) is 11.9 Å². The molecule has 8 heteroatoms. The first-order valence-electron chi connectivity index (χ1n) is 10.8. The van der Waals surface area contributed by atoms with Crippen molar-refractivity contribution in [3.05, 3.63) is 106 Å². The molecule has 1 amide bonds. The Kier molecular flexibility index (Phi) is 9.11. The summed E-state index contributed by atoms with van der Waals surface area (Å²) in [5.41, 5.74) is 2.19. The van der Waals surface area contributed by atoms with Crippen LogP contribution in [0.1, 0.15) is 22.8 Å². The number of nitrogens with one attached hydrogen (secondary N) is 1. The fraction of sp³-hybridized carbons (Fsp3) is 0.107. The van der Waals surface area contributed by atoms with Crippen molar-refractivity contribution in [2.24, 2.45) is 0 Å². The summed E-state index contributed by atoms with van der Waals surface area (Å²) in [6.07, 6.45) is -2.64. The summed E-state index contributed by atoms with van der Waals surface area (Å²) in [4.78, 5) is 13.0. The predicted octanol–water partition coefficient (Wildman–Crippen LogP) is 6.91. The number of amides is 1. The van der Waals surface area contributed by atoms with E-state index in [1.165, 1.54) is 12.1 Å². The van der Waals surface area contributed by atoms with Gasteiger partial charge >= 0.3 is 6.18 Å². The summed E-state index contributed by atoms with van der Waals surface area (Å²) in [5, 5.41) is 7.54. The van der Waals surface area contributed by atoms with E-state index in [9.17, 15) is 18.0 Å². The van der Waals surface area contributed by atoms with Crippen LogP contribution in [0, 0.1) is 0 Å². The average molecular weight is 544 g/mol. The third-order valence-corrected chi connectivity index (χ3v) is 6.71. The molecule has 0 fully saturated rings. The zero-order valence-corrected chi connectivity index (χ0v) is 21.9. The molecule has 2 nitrogen and oxygen atoms in total. The summed E-state index contributed by atoms with van der Waals surface area (Å²) < 4.78 is 39.7. The maximum atomic E-state index is 13.0. The summed E-state index contributed by atoms with van der Waals surface area (Å²) in [7, 11) is 0. The molecule has 186 valence electrons. The van der Waals surface area contributed by atoms with Crippen molar-refractivity contribution < 1.29 is 18.0 Å². The maximum Gasteiger partial charge on any atom is 0.416 e. The third-order valence-electron chi connectivity index (χ3n) is 5.71. The highest BCUT2D eigenvalue weighted by Gasteiger charge is 2.30. The molecule has 4 aromatic rings. The molecule has 0 spiro atoms. The Morgan fingerprint density at radius 3 is 2.33 bits per heavy atom. The molecule has 0 saturated heterocycles. The lowest BCUT2D eigenvalue weighted by molar-refractivity contribution is -0.137. The maximum absolute atomic E-state index is 13.0. The van der Waals surface area contributed by atoms with Gasteiger partial charge in [0.1, 0.15) is 0 Å². The van der Waals surface area contributed by atoms with Crippen LogP contribution in [0.5, 0.6) is 0 Å². The van der Waals surface area contributed by atoms with Crippen molar-refractivity contribution in [1.82, 2.24) is 5.32 Å². The second kappa shape index (κ2) is 11.9. The van der Waals surface area contributed by atoms with E-state index in [4.69, 9.17) is 0 Å². The summed E-state index contributed by atoms with van der Waals surface area (Å²) >= 11 is 8.00. The first-order chi connectivity index (χ1) is 17.2. The number of fused-ring (bicyclic) bond motifs is 1. The molecule has 0 aliphatic heterocycles. The van der Waals surface area contributed by atoms with E-state index in [0.717, 1.165) is 43.8 Å². The van der Waals surface area contributed by atoms with E-state index in [2.05, 4.69) is 41.8 Å². The molecule has 0 radical (unpaired) electrons. The van der Waals surface area contributed by atoms with Crippen LogP contribution in [-0.4, -0.2) is 11.9 Å². The average Bonchev–Trinajstić information content (AvgIpc) is 3.29. The molecule has 36 heavy (non-hydrogen) atoms. The summed E-state index contributed by atoms with van der Waals surface area (Å²) in [6, 6.07) is 17.7. The minimum Gasteiger partial charge on any atom is -0.345 e. The molecule has 1 N–H and O–H groups in total. The van der Waals surface area contributed by atoms with Crippen molar-refractivity contribution in [3.63, 3.8) is 0 Å². The normalized spacial score (nSPS) is 12.8. The number of carbonyl (C=O) groups is 1. The van der Waals surface area contributed by atoms with Gasteiger partial charge in [-0.05, 0) is 75.3 Å². The van der Waals surface area contributed by atoms with Gasteiger partial charge in [-0.1, -0.05) is 55.6 Å². The zero-order valence-electron chi connectivity index (χ0n) is 19.3. The molecule has 1 aromatic heterocycles. The Hall–Kier alpha value is -2.94. The number of alkyl halides is 3. The lowest BCUT2D eigenvalue weighted by Gasteiger charge is -2.16. The van der Waals surface area contributed by atoms with Crippen molar-refractivity contribution >= 4 is 63.5 Å². The van der Waals surface area contributed by atoms with Crippen LogP contribution in [0.15, 0.2) is 84.8 Å². The first-order valence-corrected chi connectivity index (χ1v) is 13.3.